The summed E-state index contributed by atoms with van der Waals surface area (Å²) in [5.41, 5.74) is -0.533. The molecule has 0 aliphatic heterocycles. The lowest BCUT2D eigenvalue weighted by molar-refractivity contribution is 0.0138. The fourth-order valence-electron chi connectivity index (χ4n) is 2.81. The topological polar surface area (TPSA) is 62.4 Å². The van der Waals surface area contributed by atoms with Crippen molar-refractivity contribution in [2.45, 2.75) is 37.8 Å². The first-order chi connectivity index (χ1) is 9.65. The van der Waals surface area contributed by atoms with Gasteiger partial charge in [0, 0.05) is 6.54 Å². The minimum absolute atomic E-state index is 0.533. The quantitative estimate of drug-likeness (QED) is 0.918. The highest BCUT2D eigenvalue weighted by molar-refractivity contribution is 7.13. The van der Waals surface area contributed by atoms with Crippen molar-refractivity contribution in [1.82, 2.24) is 15.0 Å². The van der Waals surface area contributed by atoms with E-state index in [1.165, 1.54) is 0 Å². The summed E-state index contributed by atoms with van der Waals surface area (Å²) in [5.74, 6) is 1.24. The van der Waals surface area contributed by atoms with Crippen molar-refractivity contribution < 1.29 is 9.63 Å². The molecule has 5 nitrogen and oxygen atoms in total. The summed E-state index contributed by atoms with van der Waals surface area (Å²) < 4.78 is 5.27. The van der Waals surface area contributed by atoms with Crippen LogP contribution in [0.3, 0.4) is 0 Å². The number of hydrogen-bond donors (Lipinski definition) is 1. The van der Waals surface area contributed by atoms with Crippen molar-refractivity contribution in [3.8, 4) is 10.8 Å². The minimum atomic E-state index is -0.533. The van der Waals surface area contributed by atoms with Crippen LogP contribution in [0.5, 0.6) is 0 Å². The van der Waals surface area contributed by atoms with Crippen LogP contribution in [-0.4, -0.2) is 39.3 Å². The van der Waals surface area contributed by atoms with Crippen molar-refractivity contribution in [3.05, 3.63) is 23.3 Å². The molecular formula is C14H19N3O2S. The second-order valence-electron chi connectivity index (χ2n) is 5.60. The van der Waals surface area contributed by atoms with Crippen LogP contribution in [0.15, 0.2) is 22.0 Å². The Morgan fingerprint density at radius 1 is 1.45 bits per heavy atom. The van der Waals surface area contributed by atoms with Gasteiger partial charge in [-0.25, -0.2) is 0 Å². The Bertz CT molecular complexity index is 547. The van der Waals surface area contributed by atoms with Crippen LogP contribution in [0.2, 0.25) is 0 Å². The molecule has 0 aromatic carbocycles. The number of rotatable bonds is 5. The van der Waals surface area contributed by atoms with E-state index < -0.39 is 5.60 Å². The smallest absolute Gasteiger partial charge is 0.268 e. The van der Waals surface area contributed by atoms with Gasteiger partial charge in [-0.05, 0) is 31.3 Å². The summed E-state index contributed by atoms with van der Waals surface area (Å²) >= 11 is 1.58. The summed E-state index contributed by atoms with van der Waals surface area (Å²) in [5, 5.41) is 16.4. The minimum Gasteiger partial charge on any atom is -0.389 e. The third-order valence-corrected chi connectivity index (χ3v) is 4.57. The van der Waals surface area contributed by atoms with Crippen molar-refractivity contribution >= 4 is 11.3 Å². The van der Waals surface area contributed by atoms with Gasteiger partial charge < -0.3 is 9.63 Å². The number of hydrogen-bond acceptors (Lipinski definition) is 6. The van der Waals surface area contributed by atoms with Gasteiger partial charge in [-0.15, -0.1) is 11.3 Å². The zero-order valence-electron chi connectivity index (χ0n) is 11.6. The lowest BCUT2D eigenvalue weighted by atomic mass is 10.0. The Labute approximate surface area is 122 Å². The first-order valence-electron chi connectivity index (χ1n) is 6.92. The van der Waals surface area contributed by atoms with Gasteiger partial charge in [-0.3, -0.25) is 4.90 Å². The Balaban J connectivity index is 1.60. The first kappa shape index (κ1) is 13.7. The predicted molar refractivity (Wildman–Crippen MR) is 77.4 cm³/mol. The number of thiophene rings is 1. The molecule has 108 valence electrons. The van der Waals surface area contributed by atoms with Gasteiger partial charge in [0.25, 0.3) is 5.89 Å². The fraction of sp³-hybridized carbons (Fsp3) is 0.571. The van der Waals surface area contributed by atoms with Crippen LogP contribution in [0.25, 0.3) is 10.8 Å². The zero-order chi connectivity index (χ0) is 14.0. The van der Waals surface area contributed by atoms with Crippen LogP contribution in [0.4, 0.5) is 0 Å². The molecule has 1 saturated carbocycles. The maximum absolute atomic E-state index is 10.4. The lowest BCUT2D eigenvalue weighted by Gasteiger charge is -2.27. The molecular weight excluding hydrogens is 274 g/mol. The number of aliphatic hydroxyl groups is 1. The Kier molecular flexibility index (Phi) is 3.87. The average Bonchev–Trinajstić information content (AvgIpc) is 3.08. The molecule has 0 unspecified atom stereocenters. The summed E-state index contributed by atoms with van der Waals surface area (Å²) in [6.07, 6.45) is 4.03. The molecule has 2 heterocycles. The van der Waals surface area contributed by atoms with E-state index in [4.69, 9.17) is 4.52 Å². The van der Waals surface area contributed by atoms with Crippen molar-refractivity contribution in [2.75, 3.05) is 13.6 Å². The molecule has 0 bridgehead atoms. The number of aromatic nitrogens is 2. The predicted octanol–water partition coefficient (Wildman–Crippen LogP) is 2.54. The Morgan fingerprint density at radius 3 is 2.95 bits per heavy atom. The molecule has 0 radical (unpaired) electrons. The van der Waals surface area contributed by atoms with E-state index in [-0.39, 0.29) is 0 Å². The van der Waals surface area contributed by atoms with Gasteiger partial charge in [0.1, 0.15) is 0 Å². The lowest BCUT2D eigenvalue weighted by Crippen LogP contribution is -2.38. The molecule has 0 amide bonds. The van der Waals surface area contributed by atoms with E-state index >= 15 is 0 Å². The first-order valence-corrected chi connectivity index (χ1v) is 7.80. The maximum Gasteiger partial charge on any atom is 0.268 e. The molecule has 0 spiro atoms. The normalized spacial score (nSPS) is 17.9. The summed E-state index contributed by atoms with van der Waals surface area (Å²) in [6, 6.07) is 3.93. The largest absolute Gasteiger partial charge is 0.389 e. The SMILES string of the molecule is CN(Cc1noc(-c2cccs2)n1)CC1(O)CCCC1. The van der Waals surface area contributed by atoms with Crippen molar-refractivity contribution in [3.63, 3.8) is 0 Å². The molecule has 1 N–H and O–H groups in total. The fourth-order valence-corrected chi connectivity index (χ4v) is 3.45. The highest BCUT2D eigenvalue weighted by Gasteiger charge is 2.32. The van der Waals surface area contributed by atoms with E-state index in [1.54, 1.807) is 11.3 Å². The van der Waals surface area contributed by atoms with Gasteiger partial charge in [-0.1, -0.05) is 24.1 Å². The van der Waals surface area contributed by atoms with Gasteiger partial charge in [0.05, 0.1) is 17.0 Å². The molecule has 1 aliphatic carbocycles. The average molecular weight is 293 g/mol. The van der Waals surface area contributed by atoms with E-state index in [9.17, 15) is 5.11 Å². The highest BCUT2D eigenvalue weighted by Crippen LogP contribution is 2.30. The molecule has 3 rings (SSSR count). The third kappa shape index (κ3) is 3.08. The number of nitrogens with zero attached hydrogens (tertiary/aromatic N) is 3. The molecule has 6 heteroatoms. The highest BCUT2D eigenvalue weighted by atomic mass is 32.1. The number of likely N-dealkylation sites (N-methyl/N-ethyl adjacent to an activating group) is 1. The molecule has 1 fully saturated rings. The van der Waals surface area contributed by atoms with E-state index in [2.05, 4.69) is 15.0 Å². The van der Waals surface area contributed by atoms with Gasteiger partial charge in [-0.2, -0.15) is 4.98 Å². The zero-order valence-corrected chi connectivity index (χ0v) is 12.4. The van der Waals surface area contributed by atoms with Gasteiger partial charge in [0.2, 0.25) is 0 Å². The van der Waals surface area contributed by atoms with Crippen LogP contribution < -0.4 is 0 Å². The van der Waals surface area contributed by atoms with Crippen LogP contribution in [0, 0.1) is 0 Å². The maximum atomic E-state index is 10.4. The van der Waals surface area contributed by atoms with Crippen LogP contribution >= 0.6 is 11.3 Å². The summed E-state index contributed by atoms with van der Waals surface area (Å²) in [6.45, 7) is 1.26. The molecule has 0 atom stereocenters. The van der Waals surface area contributed by atoms with E-state index in [1.807, 2.05) is 24.6 Å². The van der Waals surface area contributed by atoms with Gasteiger partial charge >= 0.3 is 0 Å². The van der Waals surface area contributed by atoms with Crippen molar-refractivity contribution in [1.29, 1.82) is 0 Å². The van der Waals surface area contributed by atoms with Gasteiger partial charge in [0.15, 0.2) is 5.82 Å². The van der Waals surface area contributed by atoms with Crippen LogP contribution in [-0.2, 0) is 6.54 Å². The molecule has 20 heavy (non-hydrogen) atoms. The molecule has 1 aliphatic rings. The van der Waals surface area contributed by atoms with Crippen molar-refractivity contribution in [2.24, 2.45) is 0 Å². The third-order valence-electron chi connectivity index (χ3n) is 3.71. The Morgan fingerprint density at radius 2 is 2.25 bits per heavy atom. The summed E-state index contributed by atoms with van der Waals surface area (Å²) in [4.78, 5) is 7.45. The van der Waals surface area contributed by atoms with E-state index in [0.29, 0.717) is 24.8 Å². The molecule has 2 aromatic rings. The monoisotopic (exact) mass is 293 g/mol. The van der Waals surface area contributed by atoms with E-state index in [0.717, 1.165) is 30.6 Å². The molecule has 2 aromatic heterocycles. The standard InChI is InChI=1S/C14H19N3O2S/c1-17(10-14(18)6-2-3-7-14)9-12-15-13(19-16-12)11-5-4-8-20-11/h4-5,8,18H,2-3,6-7,9-10H2,1H3. The summed E-state index contributed by atoms with van der Waals surface area (Å²) in [7, 11) is 1.98. The Hall–Kier alpha value is -1.24. The second kappa shape index (κ2) is 5.63. The molecule has 0 saturated heterocycles. The van der Waals surface area contributed by atoms with Crippen LogP contribution in [0.1, 0.15) is 31.5 Å². The second-order valence-corrected chi connectivity index (χ2v) is 6.54.